The van der Waals surface area contributed by atoms with E-state index >= 15 is 0 Å². The van der Waals surface area contributed by atoms with Crippen molar-refractivity contribution in [1.82, 2.24) is 15.5 Å². The van der Waals surface area contributed by atoms with Crippen molar-refractivity contribution in [2.75, 3.05) is 33.2 Å². The summed E-state index contributed by atoms with van der Waals surface area (Å²) in [6.07, 6.45) is 2.55. The average molecular weight is 308 g/mol. The summed E-state index contributed by atoms with van der Waals surface area (Å²) in [6, 6.07) is 2.17. The SMILES string of the molecule is CCCN1CCC(CNC(=NC)NCc2sccc2C)C1. The average Bonchev–Trinajstić information content (AvgIpc) is 3.09. The second-order valence-electron chi connectivity index (χ2n) is 5.79. The number of nitrogens with zero attached hydrogens (tertiary/aromatic N) is 2. The molecule has 0 aliphatic carbocycles. The molecule has 2 rings (SSSR count). The molecule has 0 radical (unpaired) electrons. The van der Waals surface area contributed by atoms with Crippen molar-refractivity contribution in [2.24, 2.45) is 10.9 Å². The zero-order chi connectivity index (χ0) is 15.1. The Hall–Kier alpha value is -1.07. The summed E-state index contributed by atoms with van der Waals surface area (Å²) in [5, 5.41) is 9.02. The molecule has 0 bridgehead atoms. The van der Waals surface area contributed by atoms with Gasteiger partial charge in [-0.05, 0) is 55.8 Å². The van der Waals surface area contributed by atoms with Gasteiger partial charge in [0.25, 0.3) is 0 Å². The molecule has 0 spiro atoms. The fraction of sp³-hybridized carbons (Fsp3) is 0.688. The maximum atomic E-state index is 4.32. The molecule has 4 nitrogen and oxygen atoms in total. The normalized spacial score (nSPS) is 20.0. The molecule has 1 aliphatic rings. The standard InChI is InChI=1S/C16H28N4S/c1-4-7-20-8-5-14(12-20)10-18-16(17-3)19-11-15-13(2)6-9-21-15/h6,9,14H,4-5,7-8,10-12H2,1-3H3,(H2,17,18,19). The van der Waals surface area contributed by atoms with Crippen LogP contribution in [0.2, 0.25) is 0 Å². The summed E-state index contributed by atoms with van der Waals surface area (Å²) in [7, 11) is 1.84. The van der Waals surface area contributed by atoms with Gasteiger partial charge in [0.05, 0.1) is 6.54 Å². The molecule has 1 unspecified atom stereocenters. The first-order valence-corrected chi connectivity index (χ1v) is 8.80. The van der Waals surface area contributed by atoms with Crippen LogP contribution in [0.15, 0.2) is 16.4 Å². The largest absolute Gasteiger partial charge is 0.356 e. The van der Waals surface area contributed by atoms with Gasteiger partial charge in [0.1, 0.15) is 0 Å². The lowest BCUT2D eigenvalue weighted by Crippen LogP contribution is -2.39. The van der Waals surface area contributed by atoms with Crippen molar-refractivity contribution in [3.8, 4) is 0 Å². The van der Waals surface area contributed by atoms with E-state index in [9.17, 15) is 0 Å². The van der Waals surface area contributed by atoms with Gasteiger partial charge in [0, 0.05) is 25.0 Å². The molecule has 1 fully saturated rings. The fourth-order valence-corrected chi connectivity index (χ4v) is 3.66. The van der Waals surface area contributed by atoms with E-state index in [-0.39, 0.29) is 0 Å². The third-order valence-electron chi connectivity index (χ3n) is 4.08. The summed E-state index contributed by atoms with van der Waals surface area (Å²) in [5.41, 5.74) is 1.36. The number of guanidine groups is 1. The molecular formula is C16H28N4S. The smallest absolute Gasteiger partial charge is 0.191 e. The van der Waals surface area contributed by atoms with Crippen LogP contribution in [0.5, 0.6) is 0 Å². The Labute approximate surface area is 132 Å². The van der Waals surface area contributed by atoms with Gasteiger partial charge in [-0.3, -0.25) is 4.99 Å². The highest BCUT2D eigenvalue weighted by atomic mass is 32.1. The van der Waals surface area contributed by atoms with Crippen molar-refractivity contribution < 1.29 is 0 Å². The Morgan fingerprint density at radius 1 is 1.48 bits per heavy atom. The van der Waals surface area contributed by atoms with Gasteiger partial charge in [-0.15, -0.1) is 11.3 Å². The summed E-state index contributed by atoms with van der Waals surface area (Å²) in [4.78, 5) is 8.27. The Morgan fingerprint density at radius 2 is 2.33 bits per heavy atom. The second kappa shape index (κ2) is 8.39. The molecule has 1 aromatic rings. The molecule has 2 heterocycles. The highest BCUT2D eigenvalue weighted by molar-refractivity contribution is 7.10. The topological polar surface area (TPSA) is 39.7 Å². The number of rotatable bonds is 6. The fourth-order valence-electron chi connectivity index (χ4n) is 2.81. The number of hydrogen-bond acceptors (Lipinski definition) is 3. The predicted octanol–water partition coefficient (Wildman–Crippen LogP) is 2.45. The van der Waals surface area contributed by atoms with E-state index in [1.807, 2.05) is 7.05 Å². The van der Waals surface area contributed by atoms with Gasteiger partial charge in [0.2, 0.25) is 0 Å². The minimum atomic E-state index is 0.749. The molecule has 1 saturated heterocycles. The second-order valence-corrected chi connectivity index (χ2v) is 6.79. The number of nitrogens with one attached hydrogen (secondary N) is 2. The van der Waals surface area contributed by atoms with E-state index in [1.165, 1.54) is 42.9 Å². The number of aliphatic imine (C=N–C) groups is 1. The first kappa shape index (κ1) is 16.3. The van der Waals surface area contributed by atoms with E-state index in [0.717, 1.165) is 25.0 Å². The van der Waals surface area contributed by atoms with Crippen molar-refractivity contribution in [1.29, 1.82) is 0 Å². The van der Waals surface area contributed by atoms with Gasteiger partial charge in [-0.2, -0.15) is 0 Å². The summed E-state index contributed by atoms with van der Waals surface area (Å²) < 4.78 is 0. The van der Waals surface area contributed by atoms with Gasteiger partial charge >= 0.3 is 0 Å². The Balaban J connectivity index is 1.70. The maximum Gasteiger partial charge on any atom is 0.191 e. The van der Waals surface area contributed by atoms with Crippen molar-refractivity contribution >= 4 is 17.3 Å². The lowest BCUT2D eigenvalue weighted by Gasteiger charge is -2.17. The Morgan fingerprint density at radius 3 is 3.00 bits per heavy atom. The van der Waals surface area contributed by atoms with Crippen LogP contribution in [-0.4, -0.2) is 44.1 Å². The molecule has 5 heteroatoms. The zero-order valence-electron chi connectivity index (χ0n) is 13.5. The lowest BCUT2D eigenvalue weighted by molar-refractivity contribution is 0.324. The monoisotopic (exact) mass is 308 g/mol. The van der Waals surface area contributed by atoms with Crippen molar-refractivity contribution in [2.45, 2.75) is 33.2 Å². The number of hydrogen-bond donors (Lipinski definition) is 2. The van der Waals surface area contributed by atoms with Crippen LogP contribution in [0.1, 0.15) is 30.2 Å². The van der Waals surface area contributed by atoms with E-state index in [0.29, 0.717) is 0 Å². The Bertz CT molecular complexity index is 455. The van der Waals surface area contributed by atoms with Crippen LogP contribution in [0.4, 0.5) is 0 Å². The molecule has 1 aliphatic heterocycles. The molecule has 0 saturated carbocycles. The minimum absolute atomic E-state index is 0.749. The third kappa shape index (κ3) is 5.00. The number of likely N-dealkylation sites (tertiary alicyclic amines) is 1. The number of aryl methyl sites for hydroxylation is 1. The first-order chi connectivity index (χ1) is 10.2. The van der Waals surface area contributed by atoms with Gasteiger partial charge < -0.3 is 15.5 Å². The van der Waals surface area contributed by atoms with E-state index in [1.54, 1.807) is 11.3 Å². The molecular weight excluding hydrogens is 280 g/mol. The van der Waals surface area contributed by atoms with Crippen molar-refractivity contribution in [3.05, 3.63) is 21.9 Å². The highest BCUT2D eigenvalue weighted by Gasteiger charge is 2.21. The van der Waals surface area contributed by atoms with E-state index < -0.39 is 0 Å². The minimum Gasteiger partial charge on any atom is -0.356 e. The first-order valence-electron chi connectivity index (χ1n) is 7.92. The molecule has 1 atom stereocenters. The van der Waals surface area contributed by atoms with E-state index in [4.69, 9.17) is 0 Å². The van der Waals surface area contributed by atoms with E-state index in [2.05, 4.69) is 45.8 Å². The molecule has 21 heavy (non-hydrogen) atoms. The van der Waals surface area contributed by atoms with Crippen LogP contribution < -0.4 is 10.6 Å². The van der Waals surface area contributed by atoms with Gasteiger partial charge in [-0.25, -0.2) is 0 Å². The molecule has 0 amide bonds. The summed E-state index contributed by atoms with van der Waals surface area (Å²) in [6.45, 7) is 10.00. The summed E-state index contributed by atoms with van der Waals surface area (Å²) in [5.74, 6) is 1.66. The van der Waals surface area contributed by atoms with Crippen molar-refractivity contribution in [3.63, 3.8) is 0 Å². The molecule has 118 valence electrons. The number of thiophene rings is 1. The summed E-state index contributed by atoms with van der Waals surface area (Å²) >= 11 is 1.80. The molecule has 2 N–H and O–H groups in total. The quantitative estimate of drug-likeness (QED) is 0.626. The van der Waals surface area contributed by atoms with Crippen LogP contribution in [0.25, 0.3) is 0 Å². The van der Waals surface area contributed by atoms with Gasteiger partial charge in [-0.1, -0.05) is 6.92 Å². The van der Waals surface area contributed by atoms with Gasteiger partial charge in [0.15, 0.2) is 5.96 Å². The Kier molecular flexibility index (Phi) is 6.51. The highest BCUT2D eigenvalue weighted by Crippen LogP contribution is 2.16. The van der Waals surface area contributed by atoms with Crippen LogP contribution in [-0.2, 0) is 6.54 Å². The molecule has 0 aromatic carbocycles. The third-order valence-corrected chi connectivity index (χ3v) is 5.10. The maximum absolute atomic E-state index is 4.32. The van der Waals surface area contributed by atoms with Crippen LogP contribution >= 0.6 is 11.3 Å². The zero-order valence-corrected chi connectivity index (χ0v) is 14.3. The lowest BCUT2D eigenvalue weighted by atomic mass is 10.1. The van der Waals surface area contributed by atoms with Crippen LogP contribution in [0.3, 0.4) is 0 Å². The van der Waals surface area contributed by atoms with Crippen LogP contribution in [0, 0.1) is 12.8 Å². The predicted molar refractivity (Wildman–Crippen MR) is 92.1 cm³/mol. The molecule has 1 aromatic heterocycles.